The number of phenolic OH excluding ortho intramolecular Hbond substituents is 1. The van der Waals surface area contributed by atoms with E-state index in [0.29, 0.717) is 23.6 Å². The Bertz CT molecular complexity index is 1200. The number of phenols is 1. The SMILES string of the molecule is C[C@@H](NCC1CCN(Cc2ccc(O)cc2)CC1c1ccccc1)c1cccc2ccccc12. The summed E-state index contributed by atoms with van der Waals surface area (Å²) in [6.07, 6.45) is 1.17. The molecule has 2 unspecified atom stereocenters. The van der Waals surface area contributed by atoms with Gasteiger partial charge in [-0.3, -0.25) is 4.90 Å². The molecule has 0 aromatic heterocycles. The first kappa shape index (κ1) is 22.6. The summed E-state index contributed by atoms with van der Waals surface area (Å²) in [6, 6.07) is 34.3. The molecule has 3 heteroatoms. The van der Waals surface area contributed by atoms with Crippen LogP contribution in [0.4, 0.5) is 0 Å². The minimum Gasteiger partial charge on any atom is -0.508 e. The molecule has 3 atom stereocenters. The molecule has 0 saturated carbocycles. The van der Waals surface area contributed by atoms with Crippen LogP contribution in [-0.2, 0) is 6.54 Å². The monoisotopic (exact) mass is 450 g/mol. The van der Waals surface area contributed by atoms with Crippen molar-refractivity contribution in [3.05, 3.63) is 114 Å². The van der Waals surface area contributed by atoms with Gasteiger partial charge in [0.15, 0.2) is 0 Å². The van der Waals surface area contributed by atoms with Gasteiger partial charge in [0.05, 0.1) is 0 Å². The lowest BCUT2D eigenvalue weighted by atomic mass is 9.80. The van der Waals surface area contributed by atoms with Crippen molar-refractivity contribution in [1.29, 1.82) is 0 Å². The summed E-state index contributed by atoms with van der Waals surface area (Å²) in [5.74, 6) is 1.42. The molecule has 5 rings (SSSR count). The van der Waals surface area contributed by atoms with Gasteiger partial charge in [0.25, 0.3) is 0 Å². The third-order valence-electron chi connectivity index (χ3n) is 7.39. The van der Waals surface area contributed by atoms with Gasteiger partial charge < -0.3 is 10.4 Å². The molecule has 0 amide bonds. The van der Waals surface area contributed by atoms with Crippen LogP contribution in [0.15, 0.2) is 97.1 Å². The largest absolute Gasteiger partial charge is 0.508 e. The van der Waals surface area contributed by atoms with Crippen LogP contribution < -0.4 is 5.32 Å². The Labute approximate surface area is 203 Å². The zero-order valence-corrected chi connectivity index (χ0v) is 19.9. The van der Waals surface area contributed by atoms with Crippen molar-refractivity contribution in [2.24, 2.45) is 5.92 Å². The highest BCUT2D eigenvalue weighted by Gasteiger charge is 2.30. The van der Waals surface area contributed by atoms with Crippen LogP contribution >= 0.6 is 0 Å². The van der Waals surface area contributed by atoms with Gasteiger partial charge in [0.2, 0.25) is 0 Å². The average Bonchev–Trinajstić information content (AvgIpc) is 2.89. The van der Waals surface area contributed by atoms with Crippen LogP contribution in [0.3, 0.4) is 0 Å². The molecule has 1 aliphatic rings. The Kier molecular flexibility index (Phi) is 6.94. The number of aromatic hydroxyl groups is 1. The third kappa shape index (κ3) is 5.16. The van der Waals surface area contributed by atoms with E-state index in [0.717, 1.165) is 26.2 Å². The van der Waals surface area contributed by atoms with Crippen LogP contribution in [0, 0.1) is 5.92 Å². The molecule has 0 bridgehead atoms. The Morgan fingerprint density at radius 3 is 2.44 bits per heavy atom. The number of rotatable bonds is 7. The number of hydrogen-bond donors (Lipinski definition) is 2. The molecule has 1 saturated heterocycles. The van der Waals surface area contributed by atoms with E-state index in [2.05, 4.69) is 89.9 Å². The maximum absolute atomic E-state index is 9.61. The number of nitrogens with zero attached hydrogens (tertiary/aromatic N) is 1. The normalized spacial score (nSPS) is 19.8. The van der Waals surface area contributed by atoms with E-state index in [1.165, 1.54) is 33.9 Å². The number of hydrogen-bond acceptors (Lipinski definition) is 3. The maximum Gasteiger partial charge on any atom is 0.115 e. The molecular weight excluding hydrogens is 416 g/mol. The molecule has 2 N–H and O–H groups in total. The van der Waals surface area contributed by atoms with Gasteiger partial charge in [-0.1, -0.05) is 84.9 Å². The van der Waals surface area contributed by atoms with Crippen LogP contribution in [0.25, 0.3) is 10.8 Å². The molecule has 0 radical (unpaired) electrons. The molecular formula is C31H34N2O. The highest BCUT2D eigenvalue weighted by Crippen LogP contribution is 2.34. The van der Waals surface area contributed by atoms with Gasteiger partial charge in [0.1, 0.15) is 5.75 Å². The zero-order valence-electron chi connectivity index (χ0n) is 19.9. The van der Waals surface area contributed by atoms with Crippen molar-refractivity contribution in [2.45, 2.75) is 31.8 Å². The van der Waals surface area contributed by atoms with Crippen molar-refractivity contribution in [3.63, 3.8) is 0 Å². The summed E-state index contributed by atoms with van der Waals surface area (Å²) in [5, 5.41) is 16.1. The molecule has 1 fully saturated rings. The van der Waals surface area contributed by atoms with Gasteiger partial charge in [-0.15, -0.1) is 0 Å². The van der Waals surface area contributed by atoms with E-state index in [1.807, 2.05) is 12.1 Å². The summed E-state index contributed by atoms with van der Waals surface area (Å²) >= 11 is 0. The van der Waals surface area contributed by atoms with Crippen LogP contribution in [0.2, 0.25) is 0 Å². The lowest BCUT2D eigenvalue weighted by Crippen LogP contribution is -2.42. The summed E-state index contributed by atoms with van der Waals surface area (Å²) in [5.41, 5.74) is 4.06. The predicted octanol–water partition coefficient (Wildman–Crippen LogP) is 6.50. The number of piperidine rings is 1. The fourth-order valence-electron chi connectivity index (χ4n) is 5.46. The van der Waals surface area contributed by atoms with Gasteiger partial charge in [-0.25, -0.2) is 0 Å². The molecule has 4 aromatic rings. The number of nitrogens with one attached hydrogen (secondary N) is 1. The van der Waals surface area contributed by atoms with E-state index >= 15 is 0 Å². The Morgan fingerprint density at radius 1 is 0.882 bits per heavy atom. The zero-order chi connectivity index (χ0) is 23.3. The predicted molar refractivity (Wildman–Crippen MR) is 141 cm³/mol. The Morgan fingerprint density at radius 2 is 1.62 bits per heavy atom. The molecule has 1 heterocycles. The van der Waals surface area contributed by atoms with E-state index in [4.69, 9.17) is 0 Å². The van der Waals surface area contributed by atoms with Gasteiger partial charge >= 0.3 is 0 Å². The maximum atomic E-state index is 9.61. The Balaban J connectivity index is 1.29. The second-order valence-corrected chi connectivity index (χ2v) is 9.67. The van der Waals surface area contributed by atoms with Crippen molar-refractivity contribution < 1.29 is 5.11 Å². The molecule has 3 nitrogen and oxygen atoms in total. The third-order valence-corrected chi connectivity index (χ3v) is 7.39. The highest BCUT2D eigenvalue weighted by molar-refractivity contribution is 5.86. The number of benzene rings is 4. The quantitative estimate of drug-likeness (QED) is 0.337. The van der Waals surface area contributed by atoms with E-state index < -0.39 is 0 Å². The van der Waals surface area contributed by atoms with E-state index in [1.54, 1.807) is 12.1 Å². The summed E-state index contributed by atoms with van der Waals surface area (Å²) < 4.78 is 0. The minimum absolute atomic E-state index is 0.303. The summed E-state index contributed by atoms with van der Waals surface area (Å²) in [4.78, 5) is 2.56. The summed E-state index contributed by atoms with van der Waals surface area (Å²) in [7, 11) is 0. The standard InChI is InChI=1S/C31H34N2O/c1-23(29-13-7-11-25-10-5-6-12-30(25)29)32-20-27-18-19-33(21-24-14-16-28(34)17-15-24)22-31(27)26-8-3-2-4-9-26/h2-17,23,27,31-32,34H,18-22H2,1H3/t23-,27?,31?/m1/s1. The fourth-order valence-corrected chi connectivity index (χ4v) is 5.46. The lowest BCUT2D eigenvalue weighted by Gasteiger charge is -2.39. The molecule has 174 valence electrons. The number of fused-ring (bicyclic) bond motifs is 1. The van der Waals surface area contributed by atoms with Crippen LogP contribution in [0.5, 0.6) is 5.75 Å². The average molecular weight is 451 g/mol. The molecule has 4 aromatic carbocycles. The first-order valence-electron chi connectivity index (χ1n) is 12.4. The summed E-state index contributed by atoms with van der Waals surface area (Å²) in [6.45, 7) is 6.38. The van der Waals surface area contributed by atoms with Gasteiger partial charge in [-0.05, 0) is 71.9 Å². The van der Waals surface area contributed by atoms with Gasteiger partial charge in [-0.2, -0.15) is 0 Å². The molecule has 1 aliphatic heterocycles. The highest BCUT2D eigenvalue weighted by atomic mass is 16.3. The van der Waals surface area contributed by atoms with Crippen molar-refractivity contribution in [3.8, 4) is 5.75 Å². The van der Waals surface area contributed by atoms with Crippen LogP contribution in [-0.4, -0.2) is 29.6 Å². The topological polar surface area (TPSA) is 35.5 Å². The molecule has 0 spiro atoms. The van der Waals surface area contributed by atoms with E-state index in [-0.39, 0.29) is 0 Å². The van der Waals surface area contributed by atoms with Crippen molar-refractivity contribution in [1.82, 2.24) is 10.2 Å². The minimum atomic E-state index is 0.303. The number of likely N-dealkylation sites (tertiary alicyclic amines) is 1. The van der Waals surface area contributed by atoms with Crippen LogP contribution in [0.1, 0.15) is 42.0 Å². The van der Waals surface area contributed by atoms with Crippen molar-refractivity contribution in [2.75, 3.05) is 19.6 Å². The second kappa shape index (κ2) is 10.4. The molecule has 0 aliphatic carbocycles. The lowest BCUT2D eigenvalue weighted by molar-refractivity contribution is 0.148. The fraction of sp³-hybridized carbons (Fsp3) is 0.290. The Hall–Kier alpha value is -3.14. The van der Waals surface area contributed by atoms with E-state index in [9.17, 15) is 5.11 Å². The van der Waals surface area contributed by atoms with Crippen molar-refractivity contribution >= 4 is 10.8 Å². The first-order chi connectivity index (χ1) is 16.7. The smallest absolute Gasteiger partial charge is 0.115 e. The molecule has 34 heavy (non-hydrogen) atoms. The first-order valence-corrected chi connectivity index (χ1v) is 12.4. The van der Waals surface area contributed by atoms with Gasteiger partial charge in [0, 0.05) is 25.0 Å². The second-order valence-electron chi connectivity index (χ2n) is 9.67.